The Morgan fingerprint density at radius 2 is 1.50 bits per heavy atom. The van der Waals surface area contributed by atoms with Gasteiger partial charge in [0.05, 0.1) is 0 Å². The van der Waals surface area contributed by atoms with Crippen LogP contribution in [0.25, 0.3) is 11.3 Å². The quantitative estimate of drug-likeness (QED) is 0.705. The van der Waals surface area contributed by atoms with Crippen molar-refractivity contribution in [3.63, 3.8) is 0 Å². The number of rotatable bonds is 5. The second-order valence-electron chi connectivity index (χ2n) is 7.80. The average molecular weight is 402 g/mol. The molecule has 30 heavy (non-hydrogen) atoms. The van der Waals surface area contributed by atoms with Gasteiger partial charge in [-0.3, -0.25) is 9.59 Å². The number of aromatic nitrogens is 1. The number of nitrogens with one attached hydrogen (secondary N) is 1. The molecule has 0 unspecified atom stereocenters. The molecule has 1 fully saturated rings. The molecule has 4 rings (SSSR count). The van der Waals surface area contributed by atoms with Gasteiger partial charge in [-0.2, -0.15) is 0 Å². The van der Waals surface area contributed by atoms with Crippen LogP contribution in [-0.2, 0) is 11.2 Å². The Balaban J connectivity index is 1.26. The van der Waals surface area contributed by atoms with E-state index >= 15 is 0 Å². The molecule has 0 aliphatic carbocycles. The van der Waals surface area contributed by atoms with Gasteiger partial charge in [0, 0.05) is 49.6 Å². The van der Waals surface area contributed by atoms with Crippen LogP contribution < -0.4 is 0 Å². The molecule has 2 heterocycles. The molecule has 5 nitrogen and oxygen atoms in total. The van der Waals surface area contributed by atoms with Crippen LogP contribution in [-0.4, -0.2) is 52.8 Å². The van der Waals surface area contributed by atoms with E-state index in [4.69, 9.17) is 0 Å². The van der Waals surface area contributed by atoms with Crippen LogP contribution >= 0.6 is 0 Å². The molecule has 0 saturated carbocycles. The summed E-state index contributed by atoms with van der Waals surface area (Å²) in [6.07, 6.45) is 1.16. The Bertz CT molecular complexity index is 1000. The summed E-state index contributed by atoms with van der Waals surface area (Å²) in [6, 6.07) is 21.9. The topological polar surface area (TPSA) is 56.4 Å². The molecule has 2 aromatic carbocycles. The van der Waals surface area contributed by atoms with E-state index < -0.39 is 0 Å². The fourth-order valence-electron chi connectivity index (χ4n) is 3.81. The molecule has 5 heteroatoms. The van der Waals surface area contributed by atoms with E-state index in [0.29, 0.717) is 44.6 Å². The molecule has 1 aliphatic rings. The van der Waals surface area contributed by atoms with E-state index in [0.717, 1.165) is 22.5 Å². The van der Waals surface area contributed by atoms with Crippen molar-refractivity contribution < 1.29 is 9.59 Å². The van der Waals surface area contributed by atoms with Gasteiger partial charge in [-0.05, 0) is 43.2 Å². The number of carbonyl (C=O) groups excluding carboxylic acids is 2. The molecule has 0 spiro atoms. The number of benzene rings is 2. The summed E-state index contributed by atoms with van der Waals surface area (Å²) in [5.41, 5.74) is 5.13. The summed E-state index contributed by atoms with van der Waals surface area (Å²) < 4.78 is 0. The van der Waals surface area contributed by atoms with Gasteiger partial charge < -0.3 is 14.8 Å². The largest absolute Gasteiger partial charge is 0.358 e. The van der Waals surface area contributed by atoms with Crippen molar-refractivity contribution in [1.82, 2.24) is 14.8 Å². The van der Waals surface area contributed by atoms with Gasteiger partial charge >= 0.3 is 0 Å². The summed E-state index contributed by atoms with van der Waals surface area (Å²) >= 11 is 0. The van der Waals surface area contributed by atoms with Gasteiger partial charge in [0.1, 0.15) is 0 Å². The average Bonchev–Trinajstić information content (AvgIpc) is 3.27. The smallest absolute Gasteiger partial charge is 0.253 e. The van der Waals surface area contributed by atoms with Gasteiger partial charge in [0.15, 0.2) is 0 Å². The second-order valence-corrected chi connectivity index (χ2v) is 7.80. The molecule has 0 atom stereocenters. The fraction of sp³-hybridized carbons (Fsp3) is 0.280. The van der Waals surface area contributed by atoms with Gasteiger partial charge in [-0.15, -0.1) is 0 Å². The number of carbonyl (C=O) groups is 2. The molecule has 1 N–H and O–H groups in total. The first-order valence-corrected chi connectivity index (χ1v) is 10.5. The van der Waals surface area contributed by atoms with Crippen LogP contribution in [0.4, 0.5) is 0 Å². The lowest BCUT2D eigenvalue weighted by molar-refractivity contribution is -0.132. The fourth-order valence-corrected chi connectivity index (χ4v) is 3.81. The summed E-state index contributed by atoms with van der Waals surface area (Å²) in [5.74, 6) is 0.190. The number of nitrogens with zero attached hydrogens (tertiary/aromatic N) is 2. The Morgan fingerprint density at radius 1 is 0.833 bits per heavy atom. The van der Waals surface area contributed by atoms with Crippen molar-refractivity contribution in [3.05, 3.63) is 83.6 Å². The first kappa shape index (κ1) is 20.0. The molecule has 1 aliphatic heterocycles. The van der Waals surface area contributed by atoms with Crippen LogP contribution in [0.3, 0.4) is 0 Å². The summed E-state index contributed by atoms with van der Waals surface area (Å²) in [4.78, 5) is 32.4. The highest BCUT2D eigenvalue weighted by atomic mass is 16.2. The summed E-state index contributed by atoms with van der Waals surface area (Å²) in [5, 5.41) is 0. The number of hydrogen-bond donors (Lipinski definition) is 1. The van der Waals surface area contributed by atoms with E-state index in [2.05, 4.69) is 23.2 Å². The number of aromatic amines is 1. The SMILES string of the molecule is Cc1ccc(C(=O)N2CCN(C(=O)CCc3ccc(-c4ccccc4)[nH]3)CC2)cc1. The van der Waals surface area contributed by atoms with Gasteiger partial charge in [0.25, 0.3) is 5.91 Å². The minimum atomic E-state index is 0.0434. The molecule has 154 valence electrons. The molecule has 1 aromatic heterocycles. The Morgan fingerprint density at radius 3 is 2.20 bits per heavy atom. The van der Waals surface area contributed by atoms with Crippen molar-refractivity contribution in [2.24, 2.45) is 0 Å². The maximum Gasteiger partial charge on any atom is 0.253 e. The Hall–Kier alpha value is -3.34. The lowest BCUT2D eigenvalue weighted by Crippen LogP contribution is -2.50. The minimum absolute atomic E-state index is 0.0434. The normalized spacial score (nSPS) is 14.0. The van der Waals surface area contributed by atoms with Gasteiger partial charge in [-0.25, -0.2) is 0 Å². The van der Waals surface area contributed by atoms with Crippen molar-refractivity contribution in [2.45, 2.75) is 19.8 Å². The van der Waals surface area contributed by atoms with E-state index in [1.165, 1.54) is 0 Å². The Labute approximate surface area is 177 Å². The molecule has 1 saturated heterocycles. The van der Waals surface area contributed by atoms with Crippen molar-refractivity contribution in [2.75, 3.05) is 26.2 Å². The maximum absolute atomic E-state index is 12.6. The van der Waals surface area contributed by atoms with Crippen LogP contribution in [0.15, 0.2) is 66.7 Å². The van der Waals surface area contributed by atoms with Crippen molar-refractivity contribution >= 4 is 11.8 Å². The third-order valence-electron chi connectivity index (χ3n) is 5.66. The standard InChI is InChI=1S/C25H27N3O2/c1-19-7-9-21(10-8-19)25(30)28-17-15-27(16-18-28)24(29)14-12-22-11-13-23(26-22)20-5-3-2-4-6-20/h2-11,13,26H,12,14-18H2,1H3. The zero-order valence-electron chi connectivity index (χ0n) is 17.3. The van der Waals surface area contributed by atoms with Gasteiger partial charge in [-0.1, -0.05) is 48.0 Å². The van der Waals surface area contributed by atoms with Crippen molar-refractivity contribution in [1.29, 1.82) is 0 Å². The first-order chi connectivity index (χ1) is 14.6. The summed E-state index contributed by atoms with van der Waals surface area (Å²) in [7, 11) is 0. The monoisotopic (exact) mass is 401 g/mol. The zero-order chi connectivity index (χ0) is 20.9. The molecular formula is C25H27N3O2. The van der Waals surface area contributed by atoms with E-state index in [1.807, 2.05) is 65.3 Å². The molecule has 0 bridgehead atoms. The number of amides is 2. The lowest BCUT2D eigenvalue weighted by atomic mass is 10.1. The Kier molecular flexibility index (Phi) is 5.98. The molecule has 0 radical (unpaired) electrons. The molecule has 3 aromatic rings. The first-order valence-electron chi connectivity index (χ1n) is 10.5. The molecular weight excluding hydrogens is 374 g/mol. The lowest BCUT2D eigenvalue weighted by Gasteiger charge is -2.35. The highest BCUT2D eigenvalue weighted by molar-refractivity contribution is 5.94. The van der Waals surface area contributed by atoms with E-state index in [-0.39, 0.29) is 11.8 Å². The predicted octanol–water partition coefficient (Wildman–Crippen LogP) is 3.91. The summed E-state index contributed by atoms with van der Waals surface area (Å²) in [6.45, 7) is 4.36. The number of hydrogen-bond acceptors (Lipinski definition) is 2. The number of aryl methyl sites for hydroxylation is 2. The predicted molar refractivity (Wildman–Crippen MR) is 118 cm³/mol. The van der Waals surface area contributed by atoms with Gasteiger partial charge in [0.2, 0.25) is 5.91 Å². The van der Waals surface area contributed by atoms with Crippen molar-refractivity contribution in [3.8, 4) is 11.3 Å². The minimum Gasteiger partial charge on any atom is -0.358 e. The third-order valence-corrected chi connectivity index (χ3v) is 5.66. The number of H-pyrrole nitrogens is 1. The highest BCUT2D eigenvalue weighted by Gasteiger charge is 2.24. The van der Waals surface area contributed by atoms with Crippen LogP contribution in [0.2, 0.25) is 0 Å². The van der Waals surface area contributed by atoms with E-state index in [9.17, 15) is 9.59 Å². The maximum atomic E-state index is 12.6. The highest BCUT2D eigenvalue weighted by Crippen LogP contribution is 2.19. The van der Waals surface area contributed by atoms with Crippen LogP contribution in [0.5, 0.6) is 0 Å². The van der Waals surface area contributed by atoms with Crippen LogP contribution in [0.1, 0.15) is 28.0 Å². The van der Waals surface area contributed by atoms with Crippen LogP contribution in [0, 0.1) is 6.92 Å². The van der Waals surface area contributed by atoms with E-state index in [1.54, 1.807) is 0 Å². The zero-order valence-corrected chi connectivity index (χ0v) is 17.3. The second kappa shape index (κ2) is 8.99. The number of piperazine rings is 1. The third kappa shape index (κ3) is 4.62. The molecule has 2 amide bonds.